The molecule has 1 atom stereocenters. The fraction of sp³-hybridized carbons (Fsp3) is 0.486. The third-order valence-electron chi connectivity index (χ3n) is 8.77. The van der Waals surface area contributed by atoms with Gasteiger partial charge in [-0.25, -0.2) is 4.79 Å². The molecule has 2 aliphatic rings. The maximum Gasteiger partial charge on any atom is 0.408 e. The monoisotopic (exact) mass is 584 g/mol. The number of aryl methyl sites for hydroxylation is 1. The highest BCUT2D eigenvalue weighted by Crippen LogP contribution is 2.41. The molecule has 2 fully saturated rings. The van der Waals surface area contributed by atoms with Gasteiger partial charge in [-0.1, -0.05) is 43.3 Å². The average molecular weight is 585 g/mol. The van der Waals surface area contributed by atoms with E-state index < -0.39 is 11.7 Å². The van der Waals surface area contributed by atoms with Gasteiger partial charge < -0.3 is 24.4 Å². The molecular weight excluding hydrogens is 536 g/mol. The number of para-hydroxylation sites is 1. The van der Waals surface area contributed by atoms with Crippen LogP contribution >= 0.6 is 0 Å². The maximum atomic E-state index is 12.4. The second-order valence-corrected chi connectivity index (χ2v) is 13.3. The van der Waals surface area contributed by atoms with Gasteiger partial charge >= 0.3 is 6.09 Å². The number of nitrogens with zero attached hydrogens (tertiary/aromatic N) is 1. The number of ether oxygens (including phenoxy) is 3. The van der Waals surface area contributed by atoms with Crippen LogP contribution < -0.4 is 15.0 Å². The first-order valence-electron chi connectivity index (χ1n) is 15.9. The average Bonchev–Trinajstić information content (AvgIpc) is 3.00. The van der Waals surface area contributed by atoms with Crippen LogP contribution in [0.25, 0.3) is 11.1 Å². The van der Waals surface area contributed by atoms with Gasteiger partial charge in [0.2, 0.25) is 0 Å². The van der Waals surface area contributed by atoms with Crippen LogP contribution in [0.5, 0.6) is 5.75 Å². The number of benzene rings is 3. The van der Waals surface area contributed by atoms with Crippen LogP contribution in [-0.2, 0) is 22.5 Å². The van der Waals surface area contributed by atoms with E-state index in [1.807, 2.05) is 33.8 Å². The molecule has 0 saturated carbocycles. The van der Waals surface area contributed by atoms with Crippen LogP contribution in [0.3, 0.4) is 0 Å². The number of piperidine rings is 1. The molecule has 1 N–H and O–H groups in total. The molecule has 0 aromatic heterocycles. The SMILES string of the molecule is CCc1ccccc1OCc1cc(-c2cccc(C(C)NC(=O)OC(C)(C)C)c2)cc(N2CCC3(CCCOC3)CC2)c1. The summed E-state index contributed by atoms with van der Waals surface area (Å²) in [6.07, 6.45) is 5.30. The molecule has 1 spiro atoms. The van der Waals surface area contributed by atoms with Gasteiger partial charge in [0.15, 0.2) is 0 Å². The highest BCUT2D eigenvalue weighted by Gasteiger charge is 2.36. The standard InChI is InChI=1S/C37H48N2O4/c1-6-29-11-7-8-14-34(29)42-25-28-21-32(24-33(22-28)39-18-16-37(17-19-39)15-10-20-41-26-37)31-13-9-12-30(23-31)27(2)38-35(40)43-36(3,4)5/h7-9,11-14,21-24,27H,6,10,15-20,25-26H2,1-5H3,(H,38,40). The Morgan fingerprint density at radius 1 is 1.00 bits per heavy atom. The largest absolute Gasteiger partial charge is 0.489 e. The van der Waals surface area contributed by atoms with Gasteiger partial charge in [0.05, 0.1) is 12.6 Å². The minimum Gasteiger partial charge on any atom is -0.489 e. The molecule has 0 bridgehead atoms. The zero-order valence-corrected chi connectivity index (χ0v) is 26.6. The van der Waals surface area contributed by atoms with Crippen LogP contribution in [0.15, 0.2) is 66.7 Å². The molecule has 2 aliphatic heterocycles. The summed E-state index contributed by atoms with van der Waals surface area (Å²) in [5, 5.41) is 2.98. The van der Waals surface area contributed by atoms with Gasteiger partial charge in [0.1, 0.15) is 18.0 Å². The van der Waals surface area contributed by atoms with Gasteiger partial charge in [-0.2, -0.15) is 0 Å². The summed E-state index contributed by atoms with van der Waals surface area (Å²) < 4.78 is 17.8. The van der Waals surface area contributed by atoms with Crippen molar-refractivity contribution in [3.8, 4) is 16.9 Å². The molecule has 6 nitrogen and oxygen atoms in total. The number of carbonyl (C=O) groups is 1. The van der Waals surface area contributed by atoms with E-state index in [2.05, 4.69) is 77.8 Å². The summed E-state index contributed by atoms with van der Waals surface area (Å²) in [4.78, 5) is 15.0. The first-order chi connectivity index (χ1) is 20.6. The molecule has 5 rings (SSSR count). The van der Waals surface area contributed by atoms with E-state index in [1.165, 1.54) is 24.1 Å². The quantitative estimate of drug-likeness (QED) is 0.288. The Bertz CT molecular complexity index is 1380. The normalized spacial score (nSPS) is 17.4. The number of amides is 1. The van der Waals surface area contributed by atoms with Gasteiger partial charge in [-0.05, 0) is 123 Å². The third kappa shape index (κ3) is 8.11. The van der Waals surface area contributed by atoms with E-state index in [-0.39, 0.29) is 6.04 Å². The van der Waals surface area contributed by atoms with Crippen molar-refractivity contribution in [1.82, 2.24) is 5.32 Å². The van der Waals surface area contributed by atoms with Gasteiger partial charge in [0, 0.05) is 25.4 Å². The minimum absolute atomic E-state index is 0.192. The number of anilines is 1. The van der Waals surface area contributed by atoms with Crippen molar-refractivity contribution in [2.24, 2.45) is 5.41 Å². The van der Waals surface area contributed by atoms with Gasteiger partial charge in [0.25, 0.3) is 0 Å². The second-order valence-electron chi connectivity index (χ2n) is 13.3. The number of rotatable bonds is 8. The Labute approximate surface area is 257 Å². The van der Waals surface area contributed by atoms with Crippen LogP contribution in [0, 0.1) is 5.41 Å². The summed E-state index contributed by atoms with van der Waals surface area (Å²) >= 11 is 0. The van der Waals surface area contributed by atoms with E-state index in [9.17, 15) is 4.79 Å². The lowest BCUT2D eigenvalue weighted by molar-refractivity contribution is -0.0209. The summed E-state index contributed by atoms with van der Waals surface area (Å²) in [6.45, 7) is 14.1. The zero-order chi connectivity index (χ0) is 30.5. The topological polar surface area (TPSA) is 60.0 Å². The maximum absolute atomic E-state index is 12.4. The van der Waals surface area contributed by atoms with Crippen molar-refractivity contribution in [3.63, 3.8) is 0 Å². The third-order valence-corrected chi connectivity index (χ3v) is 8.77. The van der Waals surface area contributed by atoms with E-state index in [4.69, 9.17) is 14.2 Å². The van der Waals surface area contributed by atoms with Crippen molar-refractivity contribution in [2.45, 2.75) is 85.0 Å². The summed E-state index contributed by atoms with van der Waals surface area (Å²) in [6, 6.07) is 23.4. The number of hydrogen-bond donors (Lipinski definition) is 1. The molecule has 3 aromatic carbocycles. The lowest BCUT2D eigenvalue weighted by atomic mass is 9.74. The highest BCUT2D eigenvalue weighted by atomic mass is 16.6. The van der Waals surface area contributed by atoms with Crippen LogP contribution in [0.2, 0.25) is 0 Å². The van der Waals surface area contributed by atoms with Crippen molar-refractivity contribution >= 4 is 11.8 Å². The summed E-state index contributed by atoms with van der Waals surface area (Å²) in [7, 11) is 0. The predicted octanol–water partition coefficient (Wildman–Crippen LogP) is 8.48. The molecule has 1 unspecified atom stereocenters. The Morgan fingerprint density at radius 3 is 2.51 bits per heavy atom. The number of nitrogens with one attached hydrogen (secondary N) is 1. The molecule has 0 radical (unpaired) electrons. The van der Waals surface area contributed by atoms with Gasteiger partial charge in [-0.15, -0.1) is 0 Å². The first kappa shape index (κ1) is 30.9. The van der Waals surface area contributed by atoms with E-state index in [1.54, 1.807) is 0 Å². The molecule has 2 heterocycles. The highest BCUT2D eigenvalue weighted by molar-refractivity contribution is 5.72. The molecule has 6 heteroatoms. The van der Waals surface area contributed by atoms with Crippen LogP contribution in [0.4, 0.5) is 10.5 Å². The lowest BCUT2D eigenvalue weighted by Gasteiger charge is -2.44. The molecule has 43 heavy (non-hydrogen) atoms. The fourth-order valence-electron chi connectivity index (χ4n) is 6.30. The number of hydrogen-bond acceptors (Lipinski definition) is 5. The lowest BCUT2D eigenvalue weighted by Crippen LogP contribution is -2.44. The van der Waals surface area contributed by atoms with E-state index in [0.29, 0.717) is 12.0 Å². The van der Waals surface area contributed by atoms with Gasteiger partial charge in [-0.3, -0.25) is 0 Å². The summed E-state index contributed by atoms with van der Waals surface area (Å²) in [5.41, 5.74) is 6.68. The van der Waals surface area contributed by atoms with E-state index >= 15 is 0 Å². The predicted molar refractivity (Wildman–Crippen MR) is 174 cm³/mol. The Morgan fingerprint density at radius 2 is 1.79 bits per heavy atom. The number of carbonyl (C=O) groups excluding carboxylic acids is 1. The van der Waals surface area contributed by atoms with Crippen LogP contribution in [0.1, 0.15) is 83.0 Å². The Kier molecular flexibility index (Phi) is 9.65. The number of alkyl carbamates (subject to hydrolysis) is 1. The minimum atomic E-state index is -0.541. The Balaban J connectivity index is 1.40. The smallest absolute Gasteiger partial charge is 0.408 e. The van der Waals surface area contributed by atoms with Crippen LogP contribution in [-0.4, -0.2) is 38.0 Å². The second kappa shape index (κ2) is 13.4. The molecule has 0 aliphatic carbocycles. The summed E-state index contributed by atoms with van der Waals surface area (Å²) in [5.74, 6) is 0.943. The van der Waals surface area contributed by atoms with Crippen molar-refractivity contribution in [2.75, 3.05) is 31.2 Å². The molecular formula is C37H48N2O4. The Hall–Kier alpha value is -3.51. The molecule has 230 valence electrons. The molecule has 2 saturated heterocycles. The van der Waals surface area contributed by atoms with Crippen molar-refractivity contribution in [1.29, 1.82) is 0 Å². The first-order valence-corrected chi connectivity index (χ1v) is 15.9. The fourth-order valence-corrected chi connectivity index (χ4v) is 6.30. The zero-order valence-electron chi connectivity index (χ0n) is 26.6. The molecule has 1 amide bonds. The van der Waals surface area contributed by atoms with Crippen molar-refractivity contribution < 1.29 is 19.0 Å². The van der Waals surface area contributed by atoms with E-state index in [0.717, 1.165) is 73.6 Å². The van der Waals surface area contributed by atoms with Crippen molar-refractivity contribution in [3.05, 3.63) is 83.4 Å². The molecule has 3 aromatic rings.